The van der Waals surface area contributed by atoms with Crippen molar-refractivity contribution >= 4 is 17.9 Å². The van der Waals surface area contributed by atoms with Crippen LogP contribution in [0.3, 0.4) is 0 Å². The average Bonchev–Trinajstić information content (AvgIpc) is 3.47. The van der Waals surface area contributed by atoms with Gasteiger partial charge in [0.15, 0.2) is 6.10 Å². The van der Waals surface area contributed by atoms with Gasteiger partial charge in [-0.05, 0) is 154 Å². The van der Waals surface area contributed by atoms with E-state index >= 15 is 0 Å². The molecule has 0 rings (SSSR count). The number of unbranched alkanes of at least 4 members (excludes halogenated alkanes) is 15. The Kier molecular flexibility index (Phi) is 62.5. The summed E-state index contributed by atoms with van der Waals surface area (Å²) in [6, 6.07) is 0. The van der Waals surface area contributed by atoms with Gasteiger partial charge in [-0.2, -0.15) is 0 Å². The third-order valence-corrected chi connectivity index (χ3v) is 12.9. The second-order valence-electron chi connectivity index (χ2n) is 20.5. The van der Waals surface area contributed by atoms with E-state index in [9.17, 15) is 14.4 Å². The zero-order valence-corrected chi connectivity index (χ0v) is 51.7. The highest BCUT2D eigenvalue weighted by molar-refractivity contribution is 5.71. The number of ether oxygens (including phenoxy) is 3. The predicted molar refractivity (Wildman–Crippen MR) is 352 cm³/mol. The van der Waals surface area contributed by atoms with E-state index in [1.165, 1.54) is 19.3 Å². The zero-order chi connectivity index (χ0) is 58.5. The van der Waals surface area contributed by atoms with Gasteiger partial charge >= 0.3 is 17.9 Å². The Bertz CT molecular complexity index is 1900. The number of carbonyl (C=O) groups is 3. The Morgan fingerprint density at radius 2 is 0.444 bits per heavy atom. The highest BCUT2D eigenvalue weighted by Gasteiger charge is 2.19. The van der Waals surface area contributed by atoms with Gasteiger partial charge in [0, 0.05) is 19.3 Å². The van der Waals surface area contributed by atoms with E-state index in [4.69, 9.17) is 14.2 Å². The molecular weight excluding hydrogens is 997 g/mol. The largest absolute Gasteiger partial charge is 0.462 e. The van der Waals surface area contributed by atoms with Crippen LogP contribution in [0, 0.1) is 0 Å². The van der Waals surface area contributed by atoms with E-state index in [1.807, 2.05) is 0 Å². The van der Waals surface area contributed by atoms with Crippen LogP contribution in [0.1, 0.15) is 252 Å². The molecule has 0 fully saturated rings. The molecule has 0 aliphatic heterocycles. The van der Waals surface area contributed by atoms with Gasteiger partial charge in [-0.15, -0.1) is 0 Å². The average molecular weight is 1110 g/mol. The van der Waals surface area contributed by atoms with Gasteiger partial charge in [0.2, 0.25) is 0 Å². The van der Waals surface area contributed by atoms with Gasteiger partial charge in [0.05, 0.1) is 0 Å². The zero-order valence-electron chi connectivity index (χ0n) is 51.7. The lowest BCUT2D eigenvalue weighted by atomic mass is 10.1. The fourth-order valence-electron chi connectivity index (χ4n) is 8.17. The number of carbonyl (C=O) groups excluding carboxylic acids is 3. The Balaban J connectivity index is 4.46. The SMILES string of the molecule is CC/C=C\C/C=C\C/C=C\C/C=C\C/C=C\C/C=C\C/C=C\CCCCCCCCCC(=O)OCC(COC(=O)CCCCCCC/C=C\C/C=C\C/C=C\CC)OC(=O)CCCCC/C=C\C/C=C\C/C=C\C/C=C\C/C=C\CC. The minimum absolute atomic E-state index is 0.112. The number of hydrogen-bond acceptors (Lipinski definition) is 6. The maximum absolute atomic E-state index is 12.9. The Morgan fingerprint density at radius 3 is 0.704 bits per heavy atom. The number of allylic oxidation sites excluding steroid dienone is 30. The van der Waals surface area contributed by atoms with E-state index in [1.54, 1.807) is 0 Å². The van der Waals surface area contributed by atoms with Crippen molar-refractivity contribution in [3.63, 3.8) is 0 Å². The van der Waals surface area contributed by atoms with Crippen molar-refractivity contribution < 1.29 is 28.6 Å². The van der Waals surface area contributed by atoms with E-state index in [-0.39, 0.29) is 37.5 Å². The molecule has 0 aromatic carbocycles. The van der Waals surface area contributed by atoms with Crippen LogP contribution in [0.5, 0.6) is 0 Å². The van der Waals surface area contributed by atoms with E-state index < -0.39 is 6.10 Å². The fourth-order valence-corrected chi connectivity index (χ4v) is 8.17. The summed E-state index contributed by atoms with van der Waals surface area (Å²) >= 11 is 0. The van der Waals surface area contributed by atoms with Crippen molar-refractivity contribution in [1.29, 1.82) is 0 Å². The summed E-state index contributed by atoms with van der Waals surface area (Å²) in [4.78, 5) is 38.3. The molecule has 0 amide bonds. The Hall–Kier alpha value is -5.49. The molecule has 0 spiro atoms. The molecule has 452 valence electrons. The van der Waals surface area contributed by atoms with Gasteiger partial charge in [-0.25, -0.2) is 0 Å². The minimum atomic E-state index is -0.820. The third-order valence-electron chi connectivity index (χ3n) is 12.9. The van der Waals surface area contributed by atoms with Crippen LogP contribution >= 0.6 is 0 Å². The summed E-state index contributed by atoms with van der Waals surface area (Å²) in [7, 11) is 0. The number of hydrogen-bond donors (Lipinski definition) is 0. The first-order chi connectivity index (χ1) is 40.0. The van der Waals surface area contributed by atoms with Gasteiger partial charge in [-0.3, -0.25) is 14.4 Å². The first-order valence-electron chi connectivity index (χ1n) is 32.3. The van der Waals surface area contributed by atoms with Crippen LogP contribution < -0.4 is 0 Å². The normalized spacial score (nSPS) is 13.4. The second kappa shape index (κ2) is 67.0. The summed E-state index contributed by atoms with van der Waals surface area (Å²) < 4.78 is 16.9. The summed E-state index contributed by atoms with van der Waals surface area (Å²) in [6.45, 7) is 6.24. The van der Waals surface area contributed by atoms with Crippen LogP contribution in [-0.4, -0.2) is 37.2 Å². The molecule has 0 aromatic rings. The number of rotatable bonds is 56. The molecule has 0 aromatic heterocycles. The predicted octanol–water partition coefficient (Wildman–Crippen LogP) is 22.4. The minimum Gasteiger partial charge on any atom is -0.462 e. The van der Waals surface area contributed by atoms with Crippen LogP contribution in [-0.2, 0) is 28.6 Å². The lowest BCUT2D eigenvalue weighted by molar-refractivity contribution is -0.167. The topological polar surface area (TPSA) is 78.9 Å². The molecule has 0 bridgehead atoms. The maximum Gasteiger partial charge on any atom is 0.306 e. The first kappa shape index (κ1) is 75.5. The molecule has 6 heteroatoms. The quantitative estimate of drug-likeness (QED) is 0.0261. The van der Waals surface area contributed by atoms with Crippen molar-refractivity contribution in [3.05, 3.63) is 182 Å². The van der Waals surface area contributed by atoms with Gasteiger partial charge in [0.25, 0.3) is 0 Å². The standard InChI is InChI=1S/C75H116O6/c1-4-7-10-13-16-19-22-25-28-30-32-33-34-35-36-37-38-39-40-41-43-44-47-50-53-56-59-62-65-68-74(77)80-71-72(70-79-73(76)67-64-61-58-55-52-49-46-27-24-21-18-15-12-9-6-3)81-75(78)69-66-63-60-57-54-51-48-45-42-31-29-26-23-20-17-14-11-8-5-2/h7-12,16-21,25-29,32-33,35-36,38-39,41-43,45-46,51,54,72H,4-6,13-15,22-24,30-31,34,37,40,44,47-50,52-53,55-71H2,1-3H3/b10-7-,11-8-,12-9-,19-16-,20-17-,21-18-,28-25-,29-26-,33-32-,36-35-,39-38-,43-41-,45-42-,46-27-,54-51-. The van der Waals surface area contributed by atoms with Crippen molar-refractivity contribution in [3.8, 4) is 0 Å². The Labute approximate surface area is 497 Å². The smallest absolute Gasteiger partial charge is 0.306 e. The summed E-state index contributed by atoms with van der Waals surface area (Å²) in [6.07, 6.45) is 100. The van der Waals surface area contributed by atoms with Crippen molar-refractivity contribution in [2.24, 2.45) is 0 Å². The molecule has 0 heterocycles. The molecule has 0 aliphatic rings. The molecule has 0 radical (unpaired) electrons. The first-order valence-corrected chi connectivity index (χ1v) is 32.3. The summed E-state index contributed by atoms with van der Waals surface area (Å²) in [5.41, 5.74) is 0. The summed E-state index contributed by atoms with van der Waals surface area (Å²) in [5, 5.41) is 0. The summed E-state index contributed by atoms with van der Waals surface area (Å²) in [5.74, 6) is -0.979. The van der Waals surface area contributed by atoms with Gasteiger partial charge in [-0.1, -0.05) is 261 Å². The molecule has 81 heavy (non-hydrogen) atoms. The monoisotopic (exact) mass is 1110 g/mol. The van der Waals surface area contributed by atoms with Crippen LogP contribution in [0.15, 0.2) is 182 Å². The van der Waals surface area contributed by atoms with Gasteiger partial charge < -0.3 is 14.2 Å². The Morgan fingerprint density at radius 1 is 0.247 bits per heavy atom. The van der Waals surface area contributed by atoms with Crippen LogP contribution in [0.25, 0.3) is 0 Å². The van der Waals surface area contributed by atoms with Crippen LogP contribution in [0.2, 0.25) is 0 Å². The second-order valence-corrected chi connectivity index (χ2v) is 20.5. The van der Waals surface area contributed by atoms with Crippen molar-refractivity contribution in [2.45, 2.75) is 258 Å². The van der Waals surface area contributed by atoms with Gasteiger partial charge in [0.1, 0.15) is 13.2 Å². The highest BCUT2D eigenvalue weighted by atomic mass is 16.6. The molecular formula is C75H116O6. The van der Waals surface area contributed by atoms with Crippen LogP contribution in [0.4, 0.5) is 0 Å². The molecule has 1 unspecified atom stereocenters. The number of esters is 3. The maximum atomic E-state index is 12.9. The third kappa shape index (κ3) is 65.2. The molecule has 0 aliphatic carbocycles. The lowest BCUT2D eigenvalue weighted by Crippen LogP contribution is -2.30. The van der Waals surface area contributed by atoms with Crippen molar-refractivity contribution in [1.82, 2.24) is 0 Å². The van der Waals surface area contributed by atoms with E-state index in [2.05, 4.69) is 203 Å². The van der Waals surface area contributed by atoms with Crippen molar-refractivity contribution in [2.75, 3.05) is 13.2 Å². The molecule has 0 N–H and O–H groups in total. The lowest BCUT2D eigenvalue weighted by Gasteiger charge is -2.18. The molecule has 1 atom stereocenters. The van der Waals surface area contributed by atoms with E-state index in [0.29, 0.717) is 19.3 Å². The molecule has 0 saturated carbocycles. The molecule has 6 nitrogen and oxygen atoms in total. The molecule has 0 saturated heterocycles. The van der Waals surface area contributed by atoms with E-state index in [0.717, 1.165) is 186 Å². The fraction of sp³-hybridized carbons (Fsp3) is 0.560. The highest BCUT2D eigenvalue weighted by Crippen LogP contribution is 2.14.